The Labute approximate surface area is 146 Å². The van der Waals surface area contributed by atoms with Crippen LogP contribution in [0.15, 0.2) is 35.0 Å². The van der Waals surface area contributed by atoms with E-state index in [0.717, 1.165) is 33.3 Å². The fourth-order valence-electron chi connectivity index (χ4n) is 2.43. The predicted octanol–water partition coefficient (Wildman–Crippen LogP) is 3.84. The van der Waals surface area contributed by atoms with Crippen molar-refractivity contribution in [1.82, 2.24) is 10.3 Å². The molecule has 122 valence electrons. The number of rotatable bonds is 4. The number of thiophene rings is 1. The molecule has 0 saturated carbocycles. The van der Waals surface area contributed by atoms with E-state index in [1.54, 1.807) is 11.3 Å². The molecule has 0 saturated heterocycles. The fourth-order valence-corrected chi connectivity index (χ4v) is 4.12. The summed E-state index contributed by atoms with van der Waals surface area (Å²) in [4.78, 5) is 17.6. The predicted molar refractivity (Wildman–Crippen MR) is 93.9 cm³/mol. The standard InChI is InChI=1S/C17H14N2O3S2/c1-10-15(24-17(19-10)12-4-5-23-8-12)16(20)18-7-11-2-3-13-14(6-11)22-9-21-13/h2-6,8H,7,9H2,1H3,(H,18,20). The highest BCUT2D eigenvalue weighted by atomic mass is 32.1. The van der Waals surface area contributed by atoms with Gasteiger partial charge in [-0.3, -0.25) is 4.79 Å². The summed E-state index contributed by atoms with van der Waals surface area (Å²) < 4.78 is 10.6. The number of nitrogens with one attached hydrogen (secondary N) is 1. The molecule has 5 nitrogen and oxygen atoms in total. The number of carbonyl (C=O) groups is 1. The Morgan fingerprint density at radius 3 is 3.00 bits per heavy atom. The lowest BCUT2D eigenvalue weighted by Crippen LogP contribution is -2.22. The maximum atomic E-state index is 12.5. The molecule has 24 heavy (non-hydrogen) atoms. The van der Waals surface area contributed by atoms with Crippen LogP contribution >= 0.6 is 22.7 Å². The quantitative estimate of drug-likeness (QED) is 0.770. The summed E-state index contributed by atoms with van der Waals surface area (Å²) >= 11 is 3.04. The zero-order valence-electron chi connectivity index (χ0n) is 12.9. The first-order chi connectivity index (χ1) is 11.7. The van der Waals surface area contributed by atoms with E-state index in [1.165, 1.54) is 11.3 Å². The molecule has 1 aliphatic heterocycles. The molecule has 1 aliphatic rings. The molecule has 7 heteroatoms. The van der Waals surface area contributed by atoms with Crippen LogP contribution in [-0.4, -0.2) is 17.7 Å². The Bertz CT molecular complexity index is 887. The maximum absolute atomic E-state index is 12.5. The van der Waals surface area contributed by atoms with Crippen molar-refractivity contribution < 1.29 is 14.3 Å². The average Bonchev–Trinajstić information content (AvgIpc) is 3.31. The highest BCUT2D eigenvalue weighted by Crippen LogP contribution is 2.32. The monoisotopic (exact) mass is 358 g/mol. The van der Waals surface area contributed by atoms with Crippen molar-refractivity contribution in [2.24, 2.45) is 0 Å². The highest BCUT2D eigenvalue weighted by molar-refractivity contribution is 7.17. The van der Waals surface area contributed by atoms with Crippen LogP contribution in [0.2, 0.25) is 0 Å². The number of nitrogens with zero attached hydrogens (tertiary/aromatic N) is 1. The summed E-state index contributed by atoms with van der Waals surface area (Å²) in [6.07, 6.45) is 0. The van der Waals surface area contributed by atoms with Crippen LogP contribution in [0.4, 0.5) is 0 Å². The van der Waals surface area contributed by atoms with E-state index < -0.39 is 0 Å². The summed E-state index contributed by atoms with van der Waals surface area (Å²) in [6.45, 7) is 2.54. The largest absolute Gasteiger partial charge is 0.454 e. The number of carbonyl (C=O) groups excluding carboxylic acids is 1. The van der Waals surface area contributed by atoms with Gasteiger partial charge in [0.05, 0.1) is 5.69 Å². The second-order valence-electron chi connectivity index (χ2n) is 5.32. The van der Waals surface area contributed by atoms with Gasteiger partial charge in [0.1, 0.15) is 9.88 Å². The minimum atomic E-state index is -0.107. The smallest absolute Gasteiger partial charge is 0.263 e. The van der Waals surface area contributed by atoms with E-state index in [0.29, 0.717) is 11.4 Å². The molecule has 0 bridgehead atoms. The average molecular weight is 358 g/mol. The van der Waals surface area contributed by atoms with Crippen molar-refractivity contribution in [2.45, 2.75) is 13.5 Å². The van der Waals surface area contributed by atoms with Crippen molar-refractivity contribution in [3.8, 4) is 22.1 Å². The lowest BCUT2D eigenvalue weighted by molar-refractivity contribution is 0.0954. The molecule has 4 rings (SSSR count). The van der Waals surface area contributed by atoms with Crippen LogP contribution in [0.25, 0.3) is 10.6 Å². The second kappa shape index (κ2) is 6.26. The van der Waals surface area contributed by atoms with Crippen molar-refractivity contribution in [3.05, 3.63) is 51.2 Å². The van der Waals surface area contributed by atoms with Gasteiger partial charge in [-0.05, 0) is 36.1 Å². The Hall–Kier alpha value is -2.38. The molecule has 1 amide bonds. The first-order valence-corrected chi connectivity index (χ1v) is 9.13. The van der Waals surface area contributed by atoms with Gasteiger partial charge in [-0.25, -0.2) is 4.98 Å². The minimum absolute atomic E-state index is 0.107. The summed E-state index contributed by atoms with van der Waals surface area (Å²) in [5.74, 6) is 1.35. The van der Waals surface area contributed by atoms with Gasteiger partial charge in [0.2, 0.25) is 6.79 Å². The topological polar surface area (TPSA) is 60.5 Å². The van der Waals surface area contributed by atoms with Crippen LogP contribution in [0, 0.1) is 6.92 Å². The van der Waals surface area contributed by atoms with Crippen LogP contribution in [-0.2, 0) is 6.54 Å². The number of fused-ring (bicyclic) bond motifs is 1. The Balaban J connectivity index is 1.47. The first kappa shape index (κ1) is 15.2. The molecule has 0 aliphatic carbocycles. The summed E-state index contributed by atoms with van der Waals surface area (Å²) in [5, 5.41) is 7.86. The lowest BCUT2D eigenvalue weighted by Gasteiger charge is -2.05. The molecule has 0 radical (unpaired) electrons. The molecular formula is C17H14N2O3S2. The van der Waals surface area contributed by atoms with Crippen LogP contribution in [0.3, 0.4) is 0 Å². The van der Waals surface area contributed by atoms with Gasteiger partial charge in [0.15, 0.2) is 11.5 Å². The third kappa shape index (κ3) is 2.88. The van der Waals surface area contributed by atoms with E-state index in [4.69, 9.17) is 9.47 Å². The van der Waals surface area contributed by atoms with Gasteiger partial charge < -0.3 is 14.8 Å². The van der Waals surface area contributed by atoms with Crippen molar-refractivity contribution in [2.75, 3.05) is 6.79 Å². The summed E-state index contributed by atoms with van der Waals surface area (Å²) in [7, 11) is 0. The molecule has 0 fully saturated rings. The second-order valence-corrected chi connectivity index (χ2v) is 7.09. The van der Waals surface area contributed by atoms with Gasteiger partial charge >= 0.3 is 0 Å². The number of amides is 1. The molecule has 0 spiro atoms. The van der Waals surface area contributed by atoms with Crippen LogP contribution in [0.5, 0.6) is 11.5 Å². The van der Waals surface area contributed by atoms with Gasteiger partial charge in [0.25, 0.3) is 5.91 Å². The Morgan fingerprint density at radius 1 is 1.29 bits per heavy atom. The van der Waals surface area contributed by atoms with E-state index in [9.17, 15) is 4.79 Å². The maximum Gasteiger partial charge on any atom is 0.263 e. The number of aryl methyl sites for hydroxylation is 1. The van der Waals surface area contributed by atoms with E-state index >= 15 is 0 Å². The molecule has 1 N–H and O–H groups in total. The summed E-state index contributed by atoms with van der Waals surface area (Å²) in [5.41, 5.74) is 2.78. The molecule has 3 aromatic rings. The molecule has 1 aromatic carbocycles. The number of ether oxygens (including phenoxy) is 2. The normalized spacial score (nSPS) is 12.4. The van der Waals surface area contributed by atoms with E-state index in [-0.39, 0.29) is 12.7 Å². The number of benzene rings is 1. The van der Waals surface area contributed by atoms with Crippen molar-refractivity contribution in [3.63, 3.8) is 0 Å². The van der Waals surface area contributed by atoms with Gasteiger partial charge in [0, 0.05) is 17.5 Å². The van der Waals surface area contributed by atoms with Gasteiger partial charge in [-0.15, -0.1) is 11.3 Å². The van der Waals surface area contributed by atoms with Gasteiger partial charge in [-0.1, -0.05) is 6.07 Å². The Kier molecular flexibility index (Phi) is 3.95. The molecule has 2 aromatic heterocycles. The van der Waals surface area contributed by atoms with Gasteiger partial charge in [-0.2, -0.15) is 11.3 Å². The molecule has 0 atom stereocenters. The van der Waals surface area contributed by atoms with E-state index in [1.807, 2.05) is 41.9 Å². The zero-order chi connectivity index (χ0) is 16.5. The lowest BCUT2D eigenvalue weighted by atomic mass is 10.2. The van der Waals surface area contributed by atoms with Crippen LogP contribution < -0.4 is 14.8 Å². The molecule has 3 heterocycles. The van der Waals surface area contributed by atoms with Crippen molar-refractivity contribution in [1.29, 1.82) is 0 Å². The van der Waals surface area contributed by atoms with E-state index in [2.05, 4.69) is 10.3 Å². The number of hydrogen-bond donors (Lipinski definition) is 1. The van der Waals surface area contributed by atoms with Crippen LogP contribution in [0.1, 0.15) is 20.9 Å². The molecule has 0 unspecified atom stereocenters. The third-order valence-corrected chi connectivity index (χ3v) is 5.55. The summed E-state index contributed by atoms with van der Waals surface area (Å²) in [6, 6.07) is 7.68. The SMILES string of the molecule is Cc1nc(-c2ccsc2)sc1C(=O)NCc1ccc2c(c1)OCO2. The number of thiazole rings is 1. The number of hydrogen-bond acceptors (Lipinski definition) is 6. The zero-order valence-corrected chi connectivity index (χ0v) is 14.5. The minimum Gasteiger partial charge on any atom is -0.454 e. The molecular weight excluding hydrogens is 344 g/mol. The third-order valence-electron chi connectivity index (χ3n) is 3.66. The fraction of sp³-hybridized carbons (Fsp3) is 0.176. The highest BCUT2D eigenvalue weighted by Gasteiger charge is 2.17. The Morgan fingerprint density at radius 2 is 2.17 bits per heavy atom. The number of aromatic nitrogens is 1. The van der Waals surface area contributed by atoms with Crippen molar-refractivity contribution >= 4 is 28.6 Å². The first-order valence-electron chi connectivity index (χ1n) is 7.37.